The van der Waals surface area contributed by atoms with Gasteiger partial charge in [-0.25, -0.2) is 27.9 Å². The van der Waals surface area contributed by atoms with E-state index in [1.165, 1.54) is 4.52 Å². The highest BCUT2D eigenvalue weighted by molar-refractivity contribution is 5.92. The number of esters is 1. The Morgan fingerprint density at radius 3 is 2.55 bits per heavy atom. The number of alkyl halides is 2. The molecule has 1 amide bonds. The number of carbonyl (C=O) groups excluding carboxylic acids is 2. The summed E-state index contributed by atoms with van der Waals surface area (Å²) in [5.74, 6) is -3.14. The van der Waals surface area contributed by atoms with Crippen LogP contribution in [0.15, 0.2) is 36.5 Å². The fraction of sp³-hybridized carbons (Fsp3) is 0.519. The van der Waals surface area contributed by atoms with Gasteiger partial charge in [0.05, 0.1) is 37.8 Å². The van der Waals surface area contributed by atoms with Crippen LogP contribution in [0.2, 0.25) is 0 Å². The van der Waals surface area contributed by atoms with Crippen molar-refractivity contribution >= 4 is 23.7 Å². The summed E-state index contributed by atoms with van der Waals surface area (Å²) < 4.78 is 45.4. The molecule has 0 spiro atoms. The number of ether oxygens (including phenoxy) is 3. The zero-order chi connectivity index (χ0) is 28.1. The van der Waals surface area contributed by atoms with Crippen LogP contribution in [0.3, 0.4) is 0 Å². The van der Waals surface area contributed by atoms with Crippen LogP contribution in [0, 0.1) is 5.92 Å². The van der Waals surface area contributed by atoms with Crippen molar-refractivity contribution in [2.45, 2.75) is 51.2 Å². The van der Waals surface area contributed by atoms with Gasteiger partial charge in [0.15, 0.2) is 5.82 Å². The normalized spacial score (nSPS) is 18.3. The molecule has 2 fully saturated rings. The predicted molar refractivity (Wildman–Crippen MR) is 139 cm³/mol. The van der Waals surface area contributed by atoms with Gasteiger partial charge in [-0.05, 0) is 31.2 Å². The van der Waals surface area contributed by atoms with Gasteiger partial charge in [-0.3, -0.25) is 0 Å². The van der Waals surface area contributed by atoms with Gasteiger partial charge in [0.1, 0.15) is 6.61 Å². The summed E-state index contributed by atoms with van der Waals surface area (Å²) in [6, 6.07) is 8.49. The van der Waals surface area contributed by atoms with Crippen molar-refractivity contribution in [3.63, 3.8) is 0 Å². The third kappa shape index (κ3) is 6.46. The maximum atomic E-state index is 14.0. The maximum Gasteiger partial charge on any atom is 0.408 e. The number of fused-ring (bicyclic) bond motifs is 1. The van der Waals surface area contributed by atoms with Gasteiger partial charge in [-0.15, -0.1) is 0 Å². The Morgan fingerprint density at radius 1 is 1.12 bits per heavy atom. The van der Waals surface area contributed by atoms with E-state index in [2.05, 4.69) is 20.4 Å². The number of imidazole rings is 1. The van der Waals surface area contributed by atoms with Crippen molar-refractivity contribution in [3.05, 3.63) is 53.5 Å². The SMILES string of the molecule is CCOC(=O)c1nn2cc([C@@H](NC(=O)OCc3ccccc3)C3CCC(F)(F)CC3)nc2nc1N1CCOCC1. The highest BCUT2D eigenvalue weighted by Gasteiger charge is 2.39. The van der Waals surface area contributed by atoms with E-state index in [9.17, 15) is 18.4 Å². The number of morpholine rings is 1. The number of aromatic nitrogens is 4. The number of carbonyl (C=O) groups is 2. The topological polar surface area (TPSA) is 120 Å². The molecule has 0 bridgehead atoms. The molecule has 1 aliphatic carbocycles. The fourth-order valence-corrected chi connectivity index (χ4v) is 5.03. The molecule has 1 saturated carbocycles. The van der Waals surface area contributed by atoms with Gasteiger partial charge in [0, 0.05) is 25.9 Å². The van der Waals surface area contributed by atoms with E-state index < -0.39 is 24.0 Å². The average Bonchev–Trinajstić information content (AvgIpc) is 3.38. The first-order valence-corrected chi connectivity index (χ1v) is 13.4. The van der Waals surface area contributed by atoms with Crippen LogP contribution in [0.5, 0.6) is 0 Å². The molecular formula is C27H32F2N6O5. The smallest absolute Gasteiger partial charge is 0.408 e. The highest BCUT2D eigenvalue weighted by Crippen LogP contribution is 2.41. The molecule has 1 N–H and O–H groups in total. The largest absolute Gasteiger partial charge is 0.461 e. The summed E-state index contributed by atoms with van der Waals surface area (Å²) in [6.07, 6.45) is 0.685. The lowest BCUT2D eigenvalue weighted by Gasteiger charge is -2.33. The first kappa shape index (κ1) is 27.7. The Hall–Kier alpha value is -3.87. The lowest BCUT2D eigenvalue weighted by molar-refractivity contribution is -0.0497. The monoisotopic (exact) mass is 558 g/mol. The molecule has 0 unspecified atom stereocenters. The van der Waals surface area contributed by atoms with E-state index in [1.807, 2.05) is 35.2 Å². The lowest BCUT2D eigenvalue weighted by atomic mass is 9.81. The number of alkyl carbamates (subject to hydrolysis) is 1. The third-order valence-corrected chi connectivity index (χ3v) is 7.13. The van der Waals surface area contributed by atoms with Crippen LogP contribution in [0.25, 0.3) is 5.78 Å². The average molecular weight is 559 g/mol. The van der Waals surface area contributed by atoms with Gasteiger partial charge in [0.25, 0.3) is 5.78 Å². The minimum absolute atomic E-state index is 0.0317. The van der Waals surface area contributed by atoms with Crippen molar-refractivity contribution in [2.24, 2.45) is 5.92 Å². The fourth-order valence-electron chi connectivity index (χ4n) is 5.03. The number of benzene rings is 1. The Labute approximate surface area is 229 Å². The second-order valence-corrected chi connectivity index (χ2v) is 9.89. The molecule has 2 aliphatic rings. The van der Waals surface area contributed by atoms with Crippen molar-refractivity contribution in [1.29, 1.82) is 0 Å². The second kappa shape index (κ2) is 12.1. The van der Waals surface area contributed by atoms with Crippen molar-refractivity contribution in [2.75, 3.05) is 37.8 Å². The molecule has 1 aromatic carbocycles. The van der Waals surface area contributed by atoms with Gasteiger partial charge in [0.2, 0.25) is 11.6 Å². The van der Waals surface area contributed by atoms with Crippen molar-refractivity contribution < 1.29 is 32.6 Å². The molecule has 40 heavy (non-hydrogen) atoms. The molecule has 1 aliphatic heterocycles. The van der Waals surface area contributed by atoms with Crippen molar-refractivity contribution in [3.8, 4) is 0 Å². The van der Waals surface area contributed by atoms with Gasteiger partial charge in [-0.2, -0.15) is 10.1 Å². The number of nitrogens with one attached hydrogen (secondary N) is 1. The highest BCUT2D eigenvalue weighted by atomic mass is 19.3. The summed E-state index contributed by atoms with van der Waals surface area (Å²) in [6.45, 7) is 3.89. The summed E-state index contributed by atoms with van der Waals surface area (Å²) in [4.78, 5) is 36.7. The molecule has 2 aromatic heterocycles. The van der Waals surface area contributed by atoms with Gasteiger partial charge < -0.3 is 24.4 Å². The number of halogens is 2. The standard InChI is InChI=1S/C27H32F2N6O5/c1-2-39-24(36)22-23(34-12-14-38-15-13-34)32-25-30-20(16-35(25)33-22)21(19-8-10-27(28,29)11-9-19)31-26(37)40-17-18-6-4-3-5-7-18/h3-7,16,19,21H,2,8-15,17H2,1H3,(H,31,37)/t21-/m0/s1. The van der Waals surface area contributed by atoms with Crippen LogP contribution in [-0.2, 0) is 20.8 Å². The Kier molecular flexibility index (Phi) is 8.38. The summed E-state index contributed by atoms with van der Waals surface area (Å²) >= 11 is 0. The third-order valence-electron chi connectivity index (χ3n) is 7.13. The second-order valence-electron chi connectivity index (χ2n) is 9.89. The van der Waals surface area contributed by atoms with Crippen LogP contribution < -0.4 is 10.2 Å². The number of nitrogens with zero attached hydrogens (tertiary/aromatic N) is 5. The summed E-state index contributed by atoms with van der Waals surface area (Å²) in [5, 5.41) is 7.31. The van der Waals surface area contributed by atoms with E-state index in [4.69, 9.17) is 14.2 Å². The van der Waals surface area contributed by atoms with E-state index in [-0.39, 0.29) is 56.3 Å². The van der Waals surface area contributed by atoms with E-state index >= 15 is 0 Å². The molecule has 5 rings (SSSR count). The first-order valence-electron chi connectivity index (χ1n) is 13.4. The minimum Gasteiger partial charge on any atom is -0.461 e. The predicted octanol–water partition coefficient (Wildman–Crippen LogP) is 3.93. The summed E-state index contributed by atoms with van der Waals surface area (Å²) in [7, 11) is 0. The number of rotatable bonds is 8. The molecule has 11 nitrogen and oxygen atoms in total. The number of anilines is 1. The van der Waals surface area contributed by atoms with Gasteiger partial charge in [-0.1, -0.05) is 30.3 Å². The number of hydrogen-bond donors (Lipinski definition) is 1. The zero-order valence-electron chi connectivity index (χ0n) is 22.2. The van der Waals surface area contributed by atoms with Crippen LogP contribution in [-0.4, -0.2) is 70.5 Å². The molecule has 13 heteroatoms. The summed E-state index contributed by atoms with van der Waals surface area (Å²) in [5.41, 5.74) is 1.24. The van der Waals surface area contributed by atoms with Crippen LogP contribution >= 0.6 is 0 Å². The molecule has 0 radical (unpaired) electrons. The molecule has 1 atom stereocenters. The molecule has 214 valence electrons. The van der Waals surface area contributed by atoms with Crippen LogP contribution in [0.1, 0.15) is 60.4 Å². The Balaban J connectivity index is 1.45. The first-order chi connectivity index (χ1) is 19.3. The molecule has 3 heterocycles. The Morgan fingerprint density at radius 2 is 1.85 bits per heavy atom. The van der Waals surface area contributed by atoms with E-state index in [1.54, 1.807) is 13.1 Å². The Bertz CT molecular complexity index is 1320. The molecule has 3 aromatic rings. The zero-order valence-corrected chi connectivity index (χ0v) is 22.2. The lowest BCUT2D eigenvalue weighted by Crippen LogP contribution is -2.38. The minimum atomic E-state index is -2.74. The molecule has 1 saturated heterocycles. The van der Waals surface area contributed by atoms with E-state index in [0.717, 1.165) is 5.56 Å². The van der Waals surface area contributed by atoms with Gasteiger partial charge >= 0.3 is 12.1 Å². The number of hydrogen-bond acceptors (Lipinski definition) is 9. The van der Waals surface area contributed by atoms with Crippen molar-refractivity contribution in [1.82, 2.24) is 24.9 Å². The van der Waals surface area contributed by atoms with Crippen LogP contribution in [0.4, 0.5) is 19.4 Å². The number of amides is 1. The van der Waals surface area contributed by atoms with E-state index in [0.29, 0.717) is 37.8 Å². The quantitative estimate of drug-likeness (QED) is 0.410. The maximum absolute atomic E-state index is 14.0. The molecular weight excluding hydrogens is 526 g/mol.